The highest BCUT2D eigenvalue weighted by atomic mass is 127. The molecule has 6 nitrogen and oxygen atoms in total. The summed E-state index contributed by atoms with van der Waals surface area (Å²) >= 11 is 0. The molecule has 174 valence electrons. The van der Waals surface area contributed by atoms with E-state index in [9.17, 15) is 0 Å². The van der Waals surface area contributed by atoms with E-state index in [2.05, 4.69) is 45.1 Å². The summed E-state index contributed by atoms with van der Waals surface area (Å²) in [5.41, 5.74) is 1.35. The normalized spacial score (nSPS) is 19.9. The standard InChI is InChI=1S/C24H39N5O.HI/c1-4-18-30-22-11-7-6-10-21(22)19-26-23(25-2)27-20-24(12-16-28(3)17-13-24)29-14-8-5-9-15-29;/h4,6-7,10-11H,1,5,8-9,12-20H2,2-3H3,(H2,25,26,27);1H. The van der Waals surface area contributed by atoms with Crippen molar-refractivity contribution in [2.75, 3.05) is 53.4 Å². The number of piperidine rings is 2. The Morgan fingerprint density at radius 3 is 2.52 bits per heavy atom. The Balaban J connectivity index is 0.00000341. The molecule has 3 rings (SSSR count). The first-order valence-electron chi connectivity index (χ1n) is 11.4. The minimum atomic E-state index is 0. The average Bonchev–Trinajstić information content (AvgIpc) is 2.80. The number of benzene rings is 1. The van der Waals surface area contributed by atoms with E-state index in [1.807, 2.05) is 25.2 Å². The lowest BCUT2D eigenvalue weighted by Gasteiger charge is -2.50. The zero-order valence-corrected chi connectivity index (χ0v) is 21.6. The molecule has 2 heterocycles. The van der Waals surface area contributed by atoms with Crippen molar-refractivity contribution in [3.63, 3.8) is 0 Å². The maximum absolute atomic E-state index is 5.78. The maximum Gasteiger partial charge on any atom is 0.191 e. The van der Waals surface area contributed by atoms with Gasteiger partial charge in [-0.15, -0.1) is 24.0 Å². The van der Waals surface area contributed by atoms with Crippen LogP contribution in [0, 0.1) is 0 Å². The summed E-state index contributed by atoms with van der Waals surface area (Å²) in [6.45, 7) is 10.6. The first-order chi connectivity index (χ1) is 14.7. The number of ether oxygens (including phenoxy) is 1. The molecule has 1 aromatic rings. The van der Waals surface area contributed by atoms with Gasteiger partial charge in [0.15, 0.2) is 5.96 Å². The Morgan fingerprint density at radius 1 is 1.13 bits per heavy atom. The minimum Gasteiger partial charge on any atom is -0.489 e. The van der Waals surface area contributed by atoms with Crippen LogP contribution in [0.4, 0.5) is 0 Å². The first kappa shape index (κ1) is 25.9. The number of likely N-dealkylation sites (tertiary alicyclic amines) is 2. The Hall–Kier alpha value is -1.32. The van der Waals surface area contributed by atoms with Gasteiger partial charge >= 0.3 is 0 Å². The summed E-state index contributed by atoms with van der Waals surface area (Å²) in [5, 5.41) is 7.12. The van der Waals surface area contributed by atoms with Crippen LogP contribution in [0.25, 0.3) is 0 Å². The van der Waals surface area contributed by atoms with Crippen molar-refractivity contribution < 1.29 is 4.74 Å². The van der Waals surface area contributed by atoms with E-state index in [4.69, 9.17) is 4.74 Å². The molecule has 0 radical (unpaired) electrons. The van der Waals surface area contributed by atoms with Gasteiger partial charge in [-0.2, -0.15) is 0 Å². The summed E-state index contributed by atoms with van der Waals surface area (Å²) < 4.78 is 5.78. The lowest BCUT2D eigenvalue weighted by molar-refractivity contribution is 0.0173. The Morgan fingerprint density at radius 2 is 1.84 bits per heavy atom. The van der Waals surface area contributed by atoms with Crippen molar-refractivity contribution in [2.45, 2.75) is 44.2 Å². The van der Waals surface area contributed by atoms with Gasteiger partial charge in [0.2, 0.25) is 0 Å². The smallest absolute Gasteiger partial charge is 0.191 e. The van der Waals surface area contributed by atoms with Gasteiger partial charge in [-0.1, -0.05) is 37.3 Å². The van der Waals surface area contributed by atoms with Gasteiger partial charge in [0.05, 0.1) is 0 Å². The molecule has 0 saturated carbocycles. The lowest BCUT2D eigenvalue weighted by Crippen LogP contribution is -2.62. The molecule has 2 N–H and O–H groups in total. The number of nitrogens with one attached hydrogen (secondary N) is 2. The molecule has 2 fully saturated rings. The number of hydrogen-bond acceptors (Lipinski definition) is 4. The van der Waals surface area contributed by atoms with Crippen LogP contribution in [0.2, 0.25) is 0 Å². The molecular weight excluding hydrogens is 501 g/mol. The second kappa shape index (κ2) is 13.3. The summed E-state index contributed by atoms with van der Waals surface area (Å²) in [6.07, 6.45) is 8.22. The second-order valence-corrected chi connectivity index (χ2v) is 8.56. The molecule has 0 atom stereocenters. The van der Waals surface area contributed by atoms with E-state index >= 15 is 0 Å². The quantitative estimate of drug-likeness (QED) is 0.229. The van der Waals surface area contributed by atoms with Gasteiger partial charge in [-0.25, -0.2) is 0 Å². The Bertz CT molecular complexity index is 697. The van der Waals surface area contributed by atoms with Crippen LogP contribution in [-0.4, -0.2) is 74.7 Å². The van der Waals surface area contributed by atoms with Gasteiger partial charge in [-0.05, 0) is 65.0 Å². The van der Waals surface area contributed by atoms with E-state index < -0.39 is 0 Å². The number of halogens is 1. The molecule has 31 heavy (non-hydrogen) atoms. The fourth-order valence-electron chi connectivity index (χ4n) is 4.60. The number of aliphatic imine (C=N–C) groups is 1. The fraction of sp³-hybridized carbons (Fsp3) is 0.625. The zero-order chi connectivity index (χ0) is 21.2. The van der Waals surface area contributed by atoms with Crippen LogP contribution >= 0.6 is 24.0 Å². The molecule has 2 aliphatic rings. The molecule has 7 heteroatoms. The van der Waals surface area contributed by atoms with Crippen molar-refractivity contribution in [1.82, 2.24) is 20.4 Å². The van der Waals surface area contributed by atoms with Gasteiger partial charge < -0.3 is 20.3 Å². The topological polar surface area (TPSA) is 52.1 Å². The molecule has 1 aromatic carbocycles. The van der Waals surface area contributed by atoms with E-state index in [1.54, 1.807) is 6.08 Å². The van der Waals surface area contributed by atoms with Gasteiger partial charge in [0, 0.05) is 31.2 Å². The third kappa shape index (κ3) is 7.36. The fourth-order valence-corrected chi connectivity index (χ4v) is 4.60. The summed E-state index contributed by atoms with van der Waals surface area (Å²) in [5.74, 6) is 1.74. The highest BCUT2D eigenvalue weighted by molar-refractivity contribution is 14.0. The van der Waals surface area contributed by atoms with E-state index in [-0.39, 0.29) is 29.5 Å². The molecule has 2 saturated heterocycles. The third-order valence-electron chi connectivity index (χ3n) is 6.53. The molecular formula is C24H40IN5O. The molecule has 0 bridgehead atoms. The van der Waals surface area contributed by atoms with Crippen molar-refractivity contribution in [1.29, 1.82) is 0 Å². The van der Waals surface area contributed by atoms with E-state index in [0.717, 1.165) is 36.9 Å². The first-order valence-corrected chi connectivity index (χ1v) is 11.4. The number of nitrogens with zero attached hydrogens (tertiary/aromatic N) is 3. The van der Waals surface area contributed by atoms with Gasteiger partial charge in [-0.3, -0.25) is 9.89 Å². The van der Waals surface area contributed by atoms with Crippen molar-refractivity contribution in [3.8, 4) is 5.75 Å². The lowest BCUT2D eigenvalue weighted by atomic mass is 9.84. The molecule has 0 unspecified atom stereocenters. The number of para-hydroxylation sites is 1. The molecule has 0 aliphatic carbocycles. The van der Waals surface area contributed by atoms with Crippen LogP contribution in [0.15, 0.2) is 41.9 Å². The summed E-state index contributed by atoms with van der Waals surface area (Å²) in [7, 11) is 4.08. The molecule has 0 spiro atoms. The summed E-state index contributed by atoms with van der Waals surface area (Å²) in [4.78, 5) is 9.69. The van der Waals surface area contributed by atoms with Crippen LogP contribution in [0.5, 0.6) is 5.75 Å². The van der Waals surface area contributed by atoms with E-state index in [0.29, 0.717) is 13.2 Å². The van der Waals surface area contributed by atoms with Crippen molar-refractivity contribution in [3.05, 3.63) is 42.5 Å². The molecule has 0 aromatic heterocycles. The number of rotatable bonds is 8. The van der Waals surface area contributed by atoms with Crippen molar-refractivity contribution in [2.24, 2.45) is 4.99 Å². The SMILES string of the molecule is C=CCOc1ccccc1CNC(=NC)NCC1(N2CCCCC2)CCN(C)CC1.I. The second-order valence-electron chi connectivity index (χ2n) is 8.56. The molecule has 0 amide bonds. The molecule has 2 aliphatic heterocycles. The average molecular weight is 542 g/mol. The monoisotopic (exact) mass is 541 g/mol. The minimum absolute atomic E-state index is 0. The highest BCUT2D eigenvalue weighted by Crippen LogP contribution is 2.30. The largest absolute Gasteiger partial charge is 0.489 e. The van der Waals surface area contributed by atoms with E-state index in [1.165, 1.54) is 45.2 Å². The van der Waals surface area contributed by atoms with Crippen LogP contribution < -0.4 is 15.4 Å². The van der Waals surface area contributed by atoms with Crippen LogP contribution in [0.1, 0.15) is 37.7 Å². The predicted octanol–water partition coefficient (Wildman–Crippen LogP) is 3.48. The predicted molar refractivity (Wildman–Crippen MR) is 141 cm³/mol. The zero-order valence-electron chi connectivity index (χ0n) is 19.2. The Labute approximate surface area is 205 Å². The van der Waals surface area contributed by atoms with Crippen LogP contribution in [-0.2, 0) is 6.54 Å². The van der Waals surface area contributed by atoms with Gasteiger partial charge in [0.1, 0.15) is 12.4 Å². The van der Waals surface area contributed by atoms with Crippen molar-refractivity contribution >= 4 is 29.9 Å². The third-order valence-corrected chi connectivity index (χ3v) is 6.53. The summed E-state index contributed by atoms with van der Waals surface area (Å²) in [6, 6.07) is 8.13. The maximum atomic E-state index is 5.78. The number of hydrogen-bond donors (Lipinski definition) is 2. The number of guanidine groups is 1. The Kier molecular flexibility index (Phi) is 11.1. The van der Waals surface area contributed by atoms with Crippen LogP contribution in [0.3, 0.4) is 0 Å². The van der Waals surface area contributed by atoms with Gasteiger partial charge in [0.25, 0.3) is 0 Å². The highest BCUT2D eigenvalue weighted by Gasteiger charge is 2.39.